The Hall–Kier alpha value is -1.81. The predicted molar refractivity (Wildman–Crippen MR) is 74.4 cm³/mol. The van der Waals surface area contributed by atoms with Gasteiger partial charge in [0, 0.05) is 44.8 Å². The highest BCUT2D eigenvalue weighted by molar-refractivity contribution is 5.47. The molecule has 2 rings (SSSR count). The number of anilines is 1. The van der Waals surface area contributed by atoms with Crippen molar-refractivity contribution in [3.63, 3.8) is 0 Å². The zero-order valence-corrected chi connectivity index (χ0v) is 10.8. The van der Waals surface area contributed by atoms with Crippen molar-refractivity contribution in [1.82, 2.24) is 9.55 Å². The molecule has 2 aromatic rings. The van der Waals surface area contributed by atoms with E-state index >= 15 is 0 Å². The monoisotopic (exact) mass is 244 g/mol. The van der Waals surface area contributed by atoms with Crippen LogP contribution in [0.2, 0.25) is 0 Å². The number of imidazole rings is 1. The number of hydrogen-bond donors (Lipinski definition) is 1. The summed E-state index contributed by atoms with van der Waals surface area (Å²) in [4.78, 5) is 6.30. The zero-order valence-electron chi connectivity index (χ0n) is 10.8. The minimum absolute atomic E-state index is 0.594. The Bertz CT molecular complexity index is 464. The Kier molecular flexibility index (Phi) is 4.36. The normalized spacial score (nSPS) is 10.6. The van der Waals surface area contributed by atoms with Gasteiger partial charge in [-0.25, -0.2) is 4.98 Å². The predicted octanol–water partition coefficient (Wildman–Crippen LogP) is 1.87. The van der Waals surface area contributed by atoms with Crippen molar-refractivity contribution in [2.24, 2.45) is 5.73 Å². The lowest BCUT2D eigenvalue weighted by Crippen LogP contribution is -2.20. The second-order valence-electron chi connectivity index (χ2n) is 4.45. The van der Waals surface area contributed by atoms with Crippen LogP contribution in [0.15, 0.2) is 43.0 Å². The lowest BCUT2D eigenvalue weighted by atomic mass is 10.2. The maximum Gasteiger partial charge on any atom is 0.0945 e. The molecule has 2 N–H and O–H groups in total. The molecule has 0 saturated heterocycles. The number of rotatable bonds is 6. The SMILES string of the molecule is CN(CCCn1ccnc1)c1cccc(CN)c1. The Balaban J connectivity index is 1.85. The summed E-state index contributed by atoms with van der Waals surface area (Å²) in [6.07, 6.45) is 6.76. The van der Waals surface area contributed by atoms with Crippen LogP contribution in [0.4, 0.5) is 5.69 Å². The molecular weight excluding hydrogens is 224 g/mol. The average molecular weight is 244 g/mol. The van der Waals surface area contributed by atoms with Crippen LogP contribution in [0.3, 0.4) is 0 Å². The van der Waals surface area contributed by atoms with Crippen LogP contribution < -0.4 is 10.6 Å². The summed E-state index contributed by atoms with van der Waals surface area (Å²) < 4.78 is 2.10. The zero-order chi connectivity index (χ0) is 12.8. The molecule has 96 valence electrons. The molecule has 0 saturated carbocycles. The van der Waals surface area contributed by atoms with Crippen molar-refractivity contribution >= 4 is 5.69 Å². The largest absolute Gasteiger partial charge is 0.375 e. The molecule has 0 atom stereocenters. The van der Waals surface area contributed by atoms with Gasteiger partial charge in [0.2, 0.25) is 0 Å². The van der Waals surface area contributed by atoms with Crippen molar-refractivity contribution in [3.8, 4) is 0 Å². The van der Waals surface area contributed by atoms with Crippen molar-refractivity contribution < 1.29 is 0 Å². The number of benzene rings is 1. The number of hydrogen-bond acceptors (Lipinski definition) is 3. The summed E-state index contributed by atoms with van der Waals surface area (Å²) in [5, 5.41) is 0. The maximum atomic E-state index is 5.65. The highest BCUT2D eigenvalue weighted by atomic mass is 15.1. The lowest BCUT2D eigenvalue weighted by molar-refractivity contribution is 0.637. The van der Waals surface area contributed by atoms with E-state index in [1.165, 1.54) is 11.3 Å². The molecule has 1 aromatic heterocycles. The van der Waals surface area contributed by atoms with Gasteiger partial charge in [-0.1, -0.05) is 12.1 Å². The van der Waals surface area contributed by atoms with Crippen molar-refractivity contribution in [3.05, 3.63) is 48.5 Å². The van der Waals surface area contributed by atoms with Crippen molar-refractivity contribution in [2.45, 2.75) is 19.5 Å². The molecule has 0 fully saturated rings. The fourth-order valence-electron chi connectivity index (χ4n) is 1.96. The number of aryl methyl sites for hydroxylation is 1. The van der Waals surface area contributed by atoms with Crippen LogP contribution in [-0.4, -0.2) is 23.1 Å². The molecule has 0 radical (unpaired) electrons. The average Bonchev–Trinajstić information content (AvgIpc) is 2.92. The third-order valence-corrected chi connectivity index (χ3v) is 3.06. The van der Waals surface area contributed by atoms with E-state index in [1.807, 2.05) is 18.7 Å². The molecule has 0 bridgehead atoms. The third kappa shape index (κ3) is 3.34. The molecule has 0 aliphatic heterocycles. The Morgan fingerprint density at radius 2 is 2.28 bits per heavy atom. The topological polar surface area (TPSA) is 47.1 Å². The van der Waals surface area contributed by atoms with Gasteiger partial charge < -0.3 is 15.2 Å². The van der Waals surface area contributed by atoms with Gasteiger partial charge in [-0.3, -0.25) is 0 Å². The number of aromatic nitrogens is 2. The van der Waals surface area contributed by atoms with Crippen LogP contribution in [-0.2, 0) is 13.1 Å². The molecule has 18 heavy (non-hydrogen) atoms. The molecule has 0 unspecified atom stereocenters. The second kappa shape index (κ2) is 6.21. The molecule has 0 aliphatic carbocycles. The Morgan fingerprint density at radius 1 is 1.39 bits per heavy atom. The van der Waals surface area contributed by atoms with Crippen molar-refractivity contribution in [1.29, 1.82) is 0 Å². The first kappa shape index (κ1) is 12.6. The molecule has 4 nitrogen and oxygen atoms in total. The molecule has 1 aromatic carbocycles. The van der Waals surface area contributed by atoms with Crippen LogP contribution in [0.25, 0.3) is 0 Å². The summed E-state index contributed by atoms with van der Waals surface area (Å²) in [5.41, 5.74) is 8.05. The van der Waals surface area contributed by atoms with E-state index in [0.717, 1.165) is 19.5 Å². The quantitative estimate of drug-likeness (QED) is 0.844. The minimum Gasteiger partial charge on any atom is -0.375 e. The Labute approximate surface area is 108 Å². The third-order valence-electron chi connectivity index (χ3n) is 3.06. The highest BCUT2D eigenvalue weighted by Crippen LogP contribution is 2.14. The highest BCUT2D eigenvalue weighted by Gasteiger charge is 2.01. The number of nitrogens with zero attached hydrogens (tertiary/aromatic N) is 3. The second-order valence-corrected chi connectivity index (χ2v) is 4.45. The van der Waals surface area contributed by atoms with Gasteiger partial charge in [0.25, 0.3) is 0 Å². The van der Waals surface area contributed by atoms with E-state index in [-0.39, 0.29) is 0 Å². The van der Waals surface area contributed by atoms with E-state index in [0.29, 0.717) is 6.54 Å². The van der Waals surface area contributed by atoms with E-state index < -0.39 is 0 Å². The summed E-state index contributed by atoms with van der Waals surface area (Å²) in [5.74, 6) is 0. The smallest absolute Gasteiger partial charge is 0.0945 e. The summed E-state index contributed by atoms with van der Waals surface area (Å²) in [6.45, 7) is 2.61. The fourth-order valence-corrected chi connectivity index (χ4v) is 1.96. The first-order chi connectivity index (χ1) is 8.79. The van der Waals surface area contributed by atoms with Gasteiger partial charge in [0.1, 0.15) is 0 Å². The van der Waals surface area contributed by atoms with Crippen LogP contribution >= 0.6 is 0 Å². The summed E-state index contributed by atoms with van der Waals surface area (Å²) in [6, 6.07) is 8.39. The molecular formula is C14H20N4. The van der Waals surface area contributed by atoms with Gasteiger partial charge in [0.15, 0.2) is 0 Å². The van der Waals surface area contributed by atoms with Crippen molar-refractivity contribution in [2.75, 3.05) is 18.5 Å². The first-order valence-electron chi connectivity index (χ1n) is 6.25. The molecule has 4 heteroatoms. The molecule has 0 spiro atoms. The van der Waals surface area contributed by atoms with Crippen LogP contribution in [0.5, 0.6) is 0 Å². The standard InChI is InChI=1S/C14H20N4/c1-17(7-3-8-18-9-6-16-12-18)14-5-2-4-13(10-14)11-15/h2,4-6,9-10,12H,3,7-8,11,15H2,1H3. The lowest BCUT2D eigenvalue weighted by Gasteiger charge is -2.20. The maximum absolute atomic E-state index is 5.65. The van der Waals surface area contributed by atoms with E-state index in [2.05, 4.69) is 45.8 Å². The molecule has 0 amide bonds. The Morgan fingerprint density at radius 3 is 3.00 bits per heavy atom. The molecule has 0 aliphatic rings. The van der Waals surface area contributed by atoms with Gasteiger partial charge >= 0.3 is 0 Å². The van der Waals surface area contributed by atoms with E-state index in [9.17, 15) is 0 Å². The van der Waals surface area contributed by atoms with E-state index in [4.69, 9.17) is 5.73 Å². The van der Waals surface area contributed by atoms with Gasteiger partial charge in [-0.15, -0.1) is 0 Å². The molecule has 1 heterocycles. The van der Waals surface area contributed by atoms with E-state index in [1.54, 1.807) is 0 Å². The van der Waals surface area contributed by atoms with Gasteiger partial charge in [0.05, 0.1) is 6.33 Å². The van der Waals surface area contributed by atoms with Crippen LogP contribution in [0.1, 0.15) is 12.0 Å². The van der Waals surface area contributed by atoms with Gasteiger partial charge in [-0.2, -0.15) is 0 Å². The number of nitrogens with two attached hydrogens (primary N) is 1. The van der Waals surface area contributed by atoms with Crippen LogP contribution in [0, 0.1) is 0 Å². The summed E-state index contributed by atoms with van der Waals surface area (Å²) in [7, 11) is 2.11. The first-order valence-corrected chi connectivity index (χ1v) is 6.25. The fraction of sp³-hybridized carbons (Fsp3) is 0.357. The van der Waals surface area contributed by atoms with Gasteiger partial charge in [-0.05, 0) is 24.1 Å². The summed E-state index contributed by atoms with van der Waals surface area (Å²) >= 11 is 0. The minimum atomic E-state index is 0.594.